The van der Waals surface area contributed by atoms with Crippen LogP contribution in [0.2, 0.25) is 0 Å². The summed E-state index contributed by atoms with van der Waals surface area (Å²) in [4.78, 5) is 0. The fourth-order valence-corrected chi connectivity index (χ4v) is 4.28. The molecule has 0 aliphatic rings. The maximum atomic E-state index is 12.1. The molecule has 0 bridgehead atoms. The van der Waals surface area contributed by atoms with Crippen molar-refractivity contribution in [3.05, 3.63) is 0 Å². The molecule has 8 heteroatoms. The fourth-order valence-electron chi connectivity index (χ4n) is 1.03. The lowest BCUT2D eigenvalue weighted by atomic mass is 10.4. The molecule has 0 unspecified atom stereocenters. The Hall–Kier alpha value is 0.0600. The highest BCUT2D eigenvalue weighted by atomic mass is 32.2. The molecule has 0 saturated carbocycles. The van der Waals surface area contributed by atoms with E-state index >= 15 is 0 Å². The van der Waals surface area contributed by atoms with Crippen molar-refractivity contribution in [1.82, 2.24) is 0 Å². The van der Waals surface area contributed by atoms with Crippen molar-refractivity contribution in [2.45, 2.75) is 39.5 Å². The van der Waals surface area contributed by atoms with E-state index in [1.165, 1.54) is 0 Å². The predicted molar refractivity (Wildman–Crippen MR) is 67.3 cm³/mol. The zero-order valence-electron chi connectivity index (χ0n) is 10.4. The van der Waals surface area contributed by atoms with Gasteiger partial charge in [0.1, 0.15) is 0 Å². The number of unbranched alkanes of at least 4 members (excludes halogenated alkanes) is 2. The molecule has 0 aliphatic carbocycles. The van der Waals surface area contributed by atoms with Gasteiger partial charge in [-0.2, -0.15) is 0 Å². The minimum Gasteiger partial charge on any atom is -0.308 e. The summed E-state index contributed by atoms with van der Waals surface area (Å²) in [6.07, 6.45) is 3.13. The Bertz CT molecular complexity index is 329. The maximum Gasteiger partial charge on any atom is 0.347 e. The minimum absolute atomic E-state index is 0.218. The zero-order valence-corrected chi connectivity index (χ0v) is 12.1. The number of sulfonamides is 1. The van der Waals surface area contributed by atoms with Gasteiger partial charge in [0, 0.05) is 0 Å². The normalized spacial score (nSPS) is 12.9. The molecular formula is C9H22NO5PS. The van der Waals surface area contributed by atoms with E-state index in [0.29, 0.717) is 12.8 Å². The third kappa shape index (κ3) is 9.73. The van der Waals surface area contributed by atoms with E-state index in [2.05, 4.69) is 0 Å². The molecule has 104 valence electrons. The largest absolute Gasteiger partial charge is 0.347 e. The molecule has 17 heavy (non-hydrogen) atoms. The van der Waals surface area contributed by atoms with E-state index < -0.39 is 23.1 Å². The van der Waals surface area contributed by atoms with Crippen molar-refractivity contribution in [2.24, 2.45) is 5.14 Å². The third-order valence-corrected chi connectivity index (χ3v) is 5.77. The van der Waals surface area contributed by atoms with Gasteiger partial charge >= 0.3 is 7.60 Å². The quantitative estimate of drug-likeness (QED) is 0.490. The van der Waals surface area contributed by atoms with Gasteiger partial charge in [0.15, 0.2) is 5.49 Å². The first-order chi connectivity index (χ1) is 7.83. The second-order valence-electron chi connectivity index (χ2n) is 3.78. The highest BCUT2D eigenvalue weighted by Gasteiger charge is 2.30. The molecule has 6 nitrogen and oxygen atoms in total. The number of hydrogen-bond acceptors (Lipinski definition) is 5. The summed E-state index contributed by atoms with van der Waals surface area (Å²) in [6, 6.07) is 0. The van der Waals surface area contributed by atoms with Crippen LogP contribution in [0.5, 0.6) is 0 Å². The lowest BCUT2D eigenvalue weighted by Gasteiger charge is -2.17. The Morgan fingerprint density at radius 1 is 1.06 bits per heavy atom. The van der Waals surface area contributed by atoms with Crippen LogP contribution in [0.1, 0.15) is 39.5 Å². The predicted octanol–water partition coefficient (Wildman–Crippen LogP) is 2.06. The summed E-state index contributed by atoms with van der Waals surface area (Å²) < 4.78 is 44.1. The van der Waals surface area contributed by atoms with Crippen molar-refractivity contribution in [3.8, 4) is 0 Å². The Kier molecular flexibility index (Phi) is 8.24. The first kappa shape index (κ1) is 17.1. The van der Waals surface area contributed by atoms with Gasteiger partial charge in [-0.3, -0.25) is 4.57 Å². The molecule has 0 heterocycles. The summed E-state index contributed by atoms with van der Waals surface area (Å²) in [6.45, 7) is 4.34. The smallest absolute Gasteiger partial charge is 0.308 e. The number of primary sulfonamides is 1. The van der Waals surface area contributed by atoms with Crippen molar-refractivity contribution in [3.63, 3.8) is 0 Å². The van der Waals surface area contributed by atoms with E-state index in [-0.39, 0.29) is 13.2 Å². The fraction of sp³-hybridized carbons (Fsp3) is 1.00. The van der Waals surface area contributed by atoms with Crippen LogP contribution < -0.4 is 5.14 Å². The average Bonchev–Trinajstić information content (AvgIpc) is 2.15. The van der Waals surface area contributed by atoms with Gasteiger partial charge in [-0.05, 0) is 12.8 Å². The lowest BCUT2D eigenvalue weighted by Crippen LogP contribution is -2.19. The molecule has 0 saturated heterocycles. The van der Waals surface area contributed by atoms with Gasteiger partial charge in [0.2, 0.25) is 10.0 Å². The molecule has 0 aliphatic heterocycles. The summed E-state index contributed by atoms with van der Waals surface area (Å²) in [5.41, 5.74) is -0.757. The van der Waals surface area contributed by atoms with Crippen molar-refractivity contribution in [1.29, 1.82) is 0 Å². The summed E-state index contributed by atoms with van der Waals surface area (Å²) in [5, 5.41) is 4.87. The molecule has 0 atom stereocenters. The van der Waals surface area contributed by atoms with Crippen LogP contribution in [0.15, 0.2) is 0 Å². The third-order valence-electron chi connectivity index (χ3n) is 1.91. The number of hydrogen-bond donors (Lipinski definition) is 1. The van der Waals surface area contributed by atoms with E-state index in [1.807, 2.05) is 13.8 Å². The van der Waals surface area contributed by atoms with Gasteiger partial charge in [-0.25, -0.2) is 13.6 Å². The standard InChI is InChI=1S/C9H22NO5PS/c1-3-5-7-14-16(11,9-17(10,12)13)15-8-6-4-2/h3-9H2,1-2H3,(H2,10,12,13). The van der Waals surface area contributed by atoms with Crippen LogP contribution in [0, 0.1) is 0 Å². The van der Waals surface area contributed by atoms with Crippen LogP contribution in [0.25, 0.3) is 0 Å². The zero-order chi connectivity index (χ0) is 13.4. The molecule has 0 aromatic rings. The molecule has 0 aromatic carbocycles. The summed E-state index contributed by atoms with van der Waals surface area (Å²) in [5.74, 6) is 0. The molecule has 0 amide bonds. The minimum atomic E-state index is -3.87. The van der Waals surface area contributed by atoms with Crippen molar-refractivity contribution >= 4 is 17.6 Å². The average molecular weight is 287 g/mol. The topological polar surface area (TPSA) is 95.7 Å². The molecule has 0 rings (SSSR count). The van der Waals surface area contributed by atoms with Crippen molar-refractivity contribution < 1.29 is 22.0 Å². The van der Waals surface area contributed by atoms with Gasteiger partial charge in [-0.1, -0.05) is 26.7 Å². The van der Waals surface area contributed by atoms with Crippen LogP contribution in [-0.4, -0.2) is 27.1 Å². The number of rotatable bonds is 10. The Morgan fingerprint density at radius 3 is 1.76 bits per heavy atom. The second-order valence-corrected chi connectivity index (χ2v) is 7.87. The molecular weight excluding hydrogens is 265 g/mol. The van der Waals surface area contributed by atoms with Gasteiger partial charge in [-0.15, -0.1) is 0 Å². The van der Waals surface area contributed by atoms with Crippen LogP contribution >= 0.6 is 7.60 Å². The monoisotopic (exact) mass is 287 g/mol. The molecule has 0 radical (unpaired) electrons. The SMILES string of the molecule is CCCCOP(=O)(CS(N)(=O)=O)OCCCC. The van der Waals surface area contributed by atoms with Gasteiger partial charge < -0.3 is 9.05 Å². The van der Waals surface area contributed by atoms with Crippen LogP contribution in [-0.2, 0) is 23.6 Å². The second kappa shape index (κ2) is 8.21. The first-order valence-electron chi connectivity index (χ1n) is 5.71. The Morgan fingerprint density at radius 2 is 1.47 bits per heavy atom. The molecule has 0 fully saturated rings. The highest BCUT2D eigenvalue weighted by Crippen LogP contribution is 2.49. The maximum absolute atomic E-state index is 12.1. The Balaban J connectivity index is 4.40. The van der Waals surface area contributed by atoms with Crippen LogP contribution in [0.3, 0.4) is 0 Å². The van der Waals surface area contributed by atoms with Gasteiger partial charge in [0.05, 0.1) is 13.2 Å². The number of nitrogens with two attached hydrogens (primary N) is 1. The summed E-state index contributed by atoms with van der Waals surface area (Å²) >= 11 is 0. The van der Waals surface area contributed by atoms with Gasteiger partial charge in [0.25, 0.3) is 0 Å². The van der Waals surface area contributed by atoms with E-state index in [4.69, 9.17) is 14.2 Å². The van der Waals surface area contributed by atoms with Crippen molar-refractivity contribution in [2.75, 3.05) is 18.7 Å². The van der Waals surface area contributed by atoms with E-state index in [0.717, 1.165) is 12.8 Å². The van der Waals surface area contributed by atoms with Crippen LogP contribution in [0.4, 0.5) is 0 Å². The summed E-state index contributed by atoms with van der Waals surface area (Å²) in [7, 11) is -7.48. The molecule has 0 aromatic heterocycles. The highest BCUT2D eigenvalue weighted by molar-refractivity contribution is 7.95. The first-order valence-corrected chi connectivity index (χ1v) is 9.16. The molecule has 0 spiro atoms. The van der Waals surface area contributed by atoms with E-state index in [1.54, 1.807) is 0 Å². The molecule has 2 N–H and O–H groups in total. The van der Waals surface area contributed by atoms with E-state index in [9.17, 15) is 13.0 Å². The Labute approximate surface area is 103 Å². The lowest BCUT2D eigenvalue weighted by molar-refractivity contribution is 0.203.